The van der Waals surface area contributed by atoms with Crippen LogP contribution in [-0.2, 0) is 17.6 Å². The van der Waals surface area contributed by atoms with Crippen molar-refractivity contribution in [1.82, 2.24) is 0 Å². The molecule has 0 bridgehead atoms. The van der Waals surface area contributed by atoms with Crippen LogP contribution in [0.3, 0.4) is 0 Å². The van der Waals surface area contributed by atoms with Crippen LogP contribution in [0.2, 0.25) is 0 Å². The molecule has 4 nitrogen and oxygen atoms in total. The van der Waals surface area contributed by atoms with Crippen LogP contribution >= 0.6 is 11.3 Å². The number of fused-ring (bicyclic) bond motifs is 3. The topological polar surface area (TPSA) is 62.1 Å². The zero-order valence-corrected chi connectivity index (χ0v) is 19.4. The van der Waals surface area contributed by atoms with Crippen molar-refractivity contribution in [3.05, 3.63) is 75.7 Å². The number of benzene rings is 2. The number of thiophene rings is 1. The molecule has 1 amide bonds. The number of nitrogens with zero attached hydrogens (tertiary/aromatic N) is 1. The smallest absolute Gasteiger partial charge is 0.237 e. The molecule has 3 aromatic rings. The molecule has 2 heterocycles. The van der Waals surface area contributed by atoms with Crippen LogP contribution < -0.4 is 10.1 Å². The fraction of sp³-hybridized carbons (Fsp3) is 0.333. The number of rotatable bonds is 2. The lowest BCUT2D eigenvalue weighted by Gasteiger charge is -2.33. The average molecular weight is 443 g/mol. The Morgan fingerprint density at radius 3 is 2.31 bits per heavy atom. The SMILES string of the molecule is CC(C)(C)[C@H]1CCc2c(sc(NC(=O)C3c4ccccc4Oc4ccccc43)c2C#N)C1. The zero-order valence-electron chi connectivity index (χ0n) is 18.6. The molecule has 2 aliphatic rings. The van der Waals surface area contributed by atoms with Crippen molar-refractivity contribution in [3.63, 3.8) is 0 Å². The molecule has 162 valence electrons. The van der Waals surface area contributed by atoms with Crippen LogP contribution in [0.1, 0.15) is 60.2 Å². The van der Waals surface area contributed by atoms with Gasteiger partial charge < -0.3 is 10.1 Å². The number of hydrogen-bond donors (Lipinski definition) is 1. The lowest BCUT2D eigenvalue weighted by Crippen LogP contribution is -2.26. The van der Waals surface area contributed by atoms with Crippen molar-refractivity contribution in [2.45, 2.75) is 46.0 Å². The number of ether oxygens (including phenoxy) is 1. The fourth-order valence-electron chi connectivity index (χ4n) is 4.91. The number of amides is 1. The molecule has 5 heteroatoms. The van der Waals surface area contributed by atoms with Gasteiger partial charge in [-0.15, -0.1) is 11.3 Å². The van der Waals surface area contributed by atoms with E-state index in [2.05, 4.69) is 32.2 Å². The van der Waals surface area contributed by atoms with Crippen LogP contribution in [-0.4, -0.2) is 5.91 Å². The molecule has 0 spiro atoms. The van der Waals surface area contributed by atoms with E-state index in [-0.39, 0.29) is 11.3 Å². The maximum Gasteiger partial charge on any atom is 0.237 e. The summed E-state index contributed by atoms with van der Waals surface area (Å²) in [6.07, 6.45) is 2.95. The van der Waals surface area contributed by atoms with Gasteiger partial charge in [-0.25, -0.2) is 0 Å². The maximum absolute atomic E-state index is 13.6. The zero-order chi connectivity index (χ0) is 22.5. The van der Waals surface area contributed by atoms with Crippen LogP contribution in [0.25, 0.3) is 0 Å². The normalized spacial score (nSPS) is 17.4. The molecule has 0 fully saturated rings. The number of hydrogen-bond acceptors (Lipinski definition) is 4. The molecule has 0 saturated heterocycles. The van der Waals surface area contributed by atoms with Gasteiger partial charge in [-0.2, -0.15) is 5.26 Å². The van der Waals surface area contributed by atoms with Crippen molar-refractivity contribution in [2.24, 2.45) is 11.3 Å². The summed E-state index contributed by atoms with van der Waals surface area (Å²) < 4.78 is 6.03. The van der Waals surface area contributed by atoms with Gasteiger partial charge in [-0.3, -0.25) is 4.79 Å². The molecule has 0 saturated carbocycles. The predicted molar refractivity (Wildman–Crippen MR) is 127 cm³/mol. The van der Waals surface area contributed by atoms with Gasteiger partial charge in [0.15, 0.2) is 0 Å². The maximum atomic E-state index is 13.6. The van der Waals surface area contributed by atoms with Gasteiger partial charge in [-0.05, 0) is 48.3 Å². The van der Waals surface area contributed by atoms with Gasteiger partial charge in [0, 0.05) is 16.0 Å². The van der Waals surface area contributed by atoms with E-state index in [9.17, 15) is 10.1 Å². The predicted octanol–water partition coefficient (Wildman–Crippen LogP) is 6.65. The van der Waals surface area contributed by atoms with E-state index in [1.54, 1.807) is 11.3 Å². The van der Waals surface area contributed by atoms with Gasteiger partial charge in [-0.1, -0.05) is 57.2 Å². The Balaban J connectivity index is 1.50. The highest BCUT2D eigenvalue weighted by Crippen LogP contribution is 2.47. The monoisotopic (exact) mass is 442 g/mol. The van der Waals surface area contributed by atoms with Crippen molar-refractivity contribution >= 4 is 22.2 Å². The Bertz CT molecular complexity index is 1200. The number of nitrogens with one attached hydrogen (secondary N) is 1. The third-order valence-corrected chi connectivity index (χ3v) is 7.95. The largest absolute Gasteiger partial charge is 0.457 e. The van der Waals surface area contributed by atoms with E-state index >= 15 is 0 Å². The molecule has 1 aliphatic carbocycles. The first kappa shape index (κ1) is 20.8. The highest BCUT2D eigenvalue weighted by Gasteiger charge is 2.35. The quantitative estimate of drug-likeness (QED) is 0.483. The van der Waals surface area contributed by atoms with Crippen molar-refractivity contribution in [3.8, 4) is 17.6 Å². The lowest BCUT2D eigenvalue weighted by atomic mass is 9.72. The molecule has 32 heavy (non-hydrogen) atoms. The van der Waals surface area contributed by atoms with Gasteiger partial charge in [0.2, 0.25) is 5.91 Å². The van der Waals surface area contributed by atoms with E-state index in [0.717, 1.165) is 36.0 Å². The summed E-state index contributed by atoms with van der Waals surface area (Å²) in [6, 6.07) is 17.7. The summed E-state index contributed by atoms with van der Waals surface area (Å²) in [6.45, 7) is 6.85. The van der Waals surface area contributed by atoms with Crippen LogP contribution in [0.4, 0.5) is 5.00 Å². The van der Waals surface area contributed by atoms with E-state index < -0.39 is 5.92 Å². The molecule has 0 radical (unpaired) electrons. The fourth-order valence-corrected chi connectivity index (χ4v) is 6.19. The van der Waals surface area contributed by atoms with E-state index in [1.807, 2.05) is 48.5 Å². The summed E-state index contributed by atoms with van der Waals surface area (Å²) in [4.78, 5) is 14.9. The molecular formula is C27H26N2O2S. The highest BCUT2D eigenvalue weighted by molar-refractivity contribution is 7.16. The minimum atomic E-state index is -0.482. The number of nitriles is 1. The summed E-state index contributed by atoms with van der Waals surface area (Å²) in [7, 11) is 0. The molecule has 0 unspecified atom stereocenters. The number of para-hydroxylation sites is 2. The molecule has 1 aliphatic heterocycles. The van der Waals surface area contributed by atoms with Gasteiger partial charge >= 0.3 is 0 Å². The minimum absolute atomic E-state index is 0.129. The van der Waals surface area contributed by atoms with Crippen molar-refractivity contribution < 1.29 is 9.53 Å². The molecular weight excluding hydrogens is 416 g/mol. The van der Waals surface area contributed by atoms with Crippen molar-refractivity contribution in [2.75, 3.05) is 5.32 Å². The molecule has 2 aromatic carbocycles. The Morgan fingerprint density at radius 2 is 1.72 bits per heavy atom. The first-order chi connectivity index (χ1) is 15.4. The standard InChI is InChI=1S/C27H26N2O2S/c1-27(2,3)16-12-13-17-20(15-28)26(32-23(17)14-16)29-25(30)24-18-8-4-6-10-21(18)31-22-11-7-5-9-19(22)24/h4-11,16,24H,12-14H2,1-3H3,(H,29,30)/t16-/m0/s1. The van der Waals surface area contributed by atoms with Crippen LogP contribution in [0.5, 0.6) is 11.5 Å². The molecule has 1 N–H and O–H groups in total. The lowest BCUT2D eigenvalue weighted by molar-refractivity contribution is -0.116. The number of anilines is 1. The second-order valence-electron chi connectivity index (χ2n) is 9.73. The third-order valence-electron chi connectivity index (χ3n) is 6.78. The van der Waals surface area contributed by atoms with Crippen molar-refractivity contribution in [1.29, 1.82) is 5.26 Å². The average Bonchev–Trinajstić information content (AvgIpc) is 3.12. The van der Waals surface area contributed by atoms with Gasteiger partial charge in [0.1, 0.15) is 22.6 Å². The minimum Gasteiger partial charge on any atom is -0.457 e. The first-order valence-electron chi connectivity index (χ1n) is 11.1. The van der Waals surface area contributed by atoms with E-state index in [1.165, 1.54) is 4.88 Å². The van der Waals surface area contributed by atoms with E-state index in [0.29, 0.717) is 28.0 Å². The first-order valence-corrected chi connectivity index (χ1v) is 11.9. The Morgan fingerprint density at radius 1 is 1.09 bits per heavy atom. The molecule has 5 rings (SSSR count). The Labute approximate surface area is 192 Å². The molecule has 1 atom stereocenters. The second kappa shape index (κ2) is 7.79. The third kappa shape index (κ3) is 3.49. The number of carbonyl (C=O) groups is 1. The Kier molecular flexibility index (Phi) is 5.06. The highest BCUT2D eigenvalue weighted by atomic mass is 32.1. The van der Waals surface area contributed by atoms with Gasteiger partial charge in [0.05, 0.1) is 11.5 Å². The van der Waals surface area contributed by atoms with Gasteiger partial charge in [0.25, 0.3) is 0 Å². The summed E-state index contributed by atoms with van der Waals surface area (Å²) >= 11 is 1.58. The van der Waals surface area contributed by atoms with Crippen LogP contribution in [0, 0.1) is 22.7 Å². The molecule has 1 aromatic heterocycles. The number of carbonyl (C=O) groups excluding carboxylic acids is 1. The summed E-state index contributed by atoms with van der Waals surface area (Å²) in [5.74, 6) is 1.37. The van der Waals surface area contributed by atoms with E-state index in [4.69, 9.17) is 4.74 Å². The van der Waals surface area contributed by atoms with Crippen LogP contribution in [0.15, 0.2) is 48.5 Å². The summed E-state index contributed by atoms with van der Waals surface area (Å²) in [5, 5.41) is 13.7. The second-order valence-corrected chi connectivity index (χ2v) is 10.8. The Hall–Kier alpha value is -3.10. The summed E-state index contributed by atoms with van der Waals surface area (Å²) in [5.41, 5.74) is 3.68.